The number of rotatable bonds is 4. The van der Waals surface area contributed by atoms with E-state index in [4.69, 9.17) is 9.84 Å². The predicted octanol–water partition coefficient (Wildman–Crippen LogP) is 1.67. The lowest BCUT2D eigenvalue weighted by atomic mass is 10.1. The number of halogens is 2. The van der Waals surface area contributed by atoms with Crippen LogP contribution < -0.4 is 0 Å². The van der Waals surface area contributed by atoms with Crippen LogP contribution in [0, 0.1) is 11.6 Å². The van der Waals surface area contributed by atoms with E-state index in [0.717, 1.165) is 18.2 Å². The number of methoxy groups -OCH3 is 1. The molecule has 2 rings (SSSR count). The minimum absolute atomic E-state index is 0.112. The summed E-state index contributed by atoms with van der Waals surface area (Å²) in [5, 5.41) is 8.89. The number of likely N-dealkylation sites (tertiary alicyclic amines) is 1. The Kier molecular flexibility index (Phi) is 4.52. The van der Waals surface area contributed by atoms with E-state index in [1.165, 1.54) is 12.0 Å². The molecule has 0 aromatic heterocycles. The number of carbonyl (C=O) groups excluding carboxylic acids is 1. The first-order chi connectivity index (χ1) is 9.93. The fraction of sp³-hybridized carbons (Fsp3) is 0.429. The summed E-state index contributed by atoms with van der Waals surface area (Å²) in [6, 6.07) is 2.51. The van der Waals surface area contributed by atoms with Crippen molar-refractivity contribution in [2.75, 3.05) is 13.7 Å². The lowest BCUT2D eigenvalue weighted by Crippen LogP contribution is -2.38. The fourth-order valence-corrected chi connectivity index (χ4v) is 2.53. The van der Waals surface area contributed by atoms with Gasteiger partial charge in [-0.1, -0.05) is 6.07 Å². The number of carboxylic acids is 1. The molecule has 1 saturated heterocycles. The van der Waals surface area contributed by atoms with Gasteiger partial charge in [0.2, 0.25) is 0 Å². The third kappa shape index (κ3) is 3.18. The topological polar surface area (TPSA) is 66.8 Å². The van der Waals surface area contributed by atoms with Crippen LogP contribution in [-0.4, -0.2) is 47.7 Å². The summed E-state index contributed by atoms with van der Waals surface area (Å²) in [5.41, 5.74) is -0.662. The van der Waals surface area contributed by atoms with Gasteiger partial charge in [0.15, 0.2) is 0 Å². The van der Waals surface area contributed by atoms with Crippen molar-refractivity contribution in [3.63, 3.8) is 0 Å². The maximum absolute atomic E-state index is 13.7. The average molecular weight is 299 g/mol. The molecular weight excluding hydrogens is 284 g/mol. The smallest absolute Gasteiger partial charge is 0.305 e. The second kappa shape index (κ2) is 6.17. The molecule has 0 spiro atoms. The normalized spacial score (nSPS) is 21.6. The highest BCUT2D eigenvalue weighted by Gasteiger charge is 2.38. The van der Waals surface area contributed by atoms with Crippen LogP contribution in [0.15, 0.2) is 18.2 Å². The van der Waals surface area contributed by atoms with Crippen molar-refractivity contribution in [1.29, 1.82) is 0 Å². The highest BCUT2D eigenvalue weighted by molar-refractivity contribution is 5.95. The third-order valence-electron chi connectivity index (χ3n) is 3.56. The number of benzene rings is 1. The predicted molar refractivity (Wildman–Crippen MR) is 68.8 cm³/mol. The molecule has 1 aromatic rings. The number of hydrogen-bond acceptors (Lipinski definition) is 3. The lowest BCUT2D eigenvalue weighted by Gasteiger charge is -2.23. The first kappa shape index (κ1) is 15.4. The molecule has 1 amide bonds. The standard InChI is InChI=1S/C14H15F2NO4/c1-21-9-5-8(6-12(18)19)17(7-9)14(20)13-10(15)3-2-4-11(13)16/h2-4,8-9H,5-7H2,1H3,(H,18,19). The van der Waals surface area contributed by atoms with Crippen LogP contribution in [0.1, 0.15) is 23.2 Å². The number of ether oxygens (including phenoxy) is 1. The van der Waals surface area contributed by atoms with Crippen molar-refractivity contribution in [2.45, 2.75) is 25.0 Å². The number of carboxylic acid groups (broad SMARTS) is 1. The number of amides is 1. The van der Waals surface area contributed by atoms with E-state index in [-0.39, 0.29) is 19.1 Å². The molecule has 2 unspecified atom stereocenters. The molecule has 1 fully saturated rings. The van der Waals surface area contributed by atoms with Crippen molar-refractivity contribution >= 4 is 11.9 Å². The van der Waals surface area contributed by atoms with E-state index < -0.39 is 35.1 Å². The Hall–Kier alpha value is -2.02. The monoisotopic (exact) mass is 299 g/mol. The van der Waals surface area contributed by atoms with Crippen LogP contribution in [0.5, 0.6) is 0 Å². The molecule has 0 saturated carbocycles. The van der Waals surface area contributed by atoms with Gasteiger partial charge in [0, 0.05) is 19.7 Å². The Labute approximate surface area is 120 Å². The summed E-state index contributed by atoms with van der Waals surface area (Å²) in [6.45, 7) is 0.112. The van der Waals surface area contributed by atoms with E-state index in [1.807, 2.05) is 0 Å². The zero-order valence-corrected chi connectivity index (χ0v) is 11.4. The van der Waals surface area contributed by atoms with E-state index in [9.17, 15) is 18.4 Å². The van der Waals surface area contributed by atoms with Gasteiger partial charge in [0.05, 0.1) is 12.5 Å². The number of carbonyl (C=O) groups is 2. The molecule has 1 N–H and O–H groups in total. The van der Waals surface area contributed by atoms with Crippen LogP contribution >= 0.6 is 0 Å². The maximum atomic E-state index is 13.7. The summed E-state index contributed by atoms with van der Waals surface area (Å²) in [4.78, 5) is 24.4. The van der Waals surface area contributed by atoms with Gasteiger partial charge >= 0.3 is 5.97 Å². The van der Waals surface area contributed by atoms with Crippen molar-refractivity contribution in [3.8, 4) is 0 Å². The Morgan fingerprint density at radius 2 is 2.00 bits per heavy atom. The minimum atomic E-state index is -1.08. The third-order valence-corrected chi connectivity index (χ3v) is 3.56. The molecule has 0 bridgehead atoms. The van der Waals surface area contributed by atoms with Gasteiger partial charge in [0.1, 0.15) is 17.2 Å². The second-order valence-electron chi connectivity index (χ2n) is 4.90. The Balaban J connectivity index is 2.29. The van der Waals surface area contributed by atoms with Gasteiger partial charge in [-0.3, -0.25) is 9.59 Å². The van der Waals surface area contributed by atoms with Crippen LogP contribution in [0.2, 0.25) is 0 Å². The second-order valence-corrected chi connectivity index (χ2v) is 4.90. The molecule has 1 aliphatic rings. The van der Waals surface area contributed by atoms with Crippen LogP contribution in [0.4, 0.5) is 8.78 Å². The molecule has 21 heavy (non-hydrogen) atoms. The molecular formula is C14H15F2NO4. The first-order valence-electron chi connectivity index (χ1n) is 6.43. The zero-order chi connectivity index (χ0) is 15.6. The Bertz CT molecular complexity index is 544. The summed E-state index contributed by atoms with van der Waals surface area (Å²) >= 11 is 0. The van der Waals surface area contributed by atoms with E-state index in [2.05, 4.69) is 0 Å². The maximum Gasteiger partial charge on any atom is 0.305 e. The molecule has 1 aliphatic heterocycles. The first-order valence-corrected chi connectivity index (χ1v) is 6.43. The Morgan fingerprint density at radius 3 is 2.52 bits per heavy atom. The van der Waals surface area contributed by atoms with Gasteiger partial charge < -0.3 is 14.7 Å². The average Bonchev–Trinajstić information content (AvgIpc) is 2.80. The molecule has 2 atom stereocenters. The molecule has 0 aliphatic carbocycles. The molecule has 0 radical (unpaired) electrons. The van der Waals surface area contributed by atoms with Crippen LogP contribution in [0.25, 0.3) is 0 Å². The van der Waals surface area contributed by atoms with Crippen LogP contribution in [-0.2, 0) is 9.53 Å². The van der Waals surface area contributed by atoms with E-state index >= 15 is 0 Å². The van der Waals surface area contributed by atoms with Crippen molar-refractivity contribution < 1.29 is 28.2 Å². The molecule has 7 heteroatoms. The quantitative estimate of drug-likeness (QED) is 0.918. The Morgan fingerprint density at radius 1 is 1.38 bits per heavy atom. The van der Waals surface area contributed by atoms with E-state index in [0.29, 0.717) is 6.42 Å². The van der Waals surface area contributed by atoms with Gasteiger partial charge in [-0.2, -0.15) is 0 Å². The van der Waals surface area contributed by atoms with Crippen molar-refractivity contribution in [1.82, 2.24) is 4.90 Å². The molecule has 1 heterocycles. The van der Waals surface area contributed by atoms with Crippen LogP contribution in [0.3, 0.4) is 0 Å². The largest absolute Gasteiger partial charge is 0.481 e. The number of nitrogens with zero attached hydrogens (tertiary/aromatic N) is 1. The van der Waals surface area contributed by atoms with Gasteiger partial charge in [-0.05, 0) is 18.6 Å². The zero-order valence-electron chi connectivity index (χ0n) is 11.4. The van der Waals surface area contributed by atoms with Gasteiger partial charge in [-0.15, -0.1) is 0 Å². The van der Waals surface area contributed by atoms with Gasteiger partial charge in [-0.25, -0.2) is 8.78 Å². The summed E-state index contributed by atoms with van der Waals surface area (Å²) in [6.07, 6.45) is -0.306. The van der Waals surface area contributed by atoms with E-state index in [1.54, 1.807) is 0 Å². The summed E-state index contributed by atoms with van der Waals surface area (Å²) in [7, 11) is 1.44. The van der Waals surface area contributed by atoms with Crippen molar-refractivity contribution in [3.05, 3.63) is 35.4 Å². The summed E-state index contributed by atoms with van der Waals surface area (Å²) < 4.78 is 32.5. The summed E-state index contributed by atoms with van der Waals surface area (Å²) in [5.74, 6) is -3.86. The fourth-order valence-electron chi connectivity index (χ4n) is 2.53. The SMILES string of the molecule is COC1CC(CC(=O)O)N(C(=O)c2c(F)cccc2F)C1. The lowest BCUT2D eigenvalue weighted by molar-refractivity contribution is -0.137. The minimum Gasteiger partial charge on any atom is -0.481 e. The molecule has 5 nitrogen and oxygen atoms in total. The highest BCUT2D eigenvalue weighted by Crippen LogP contribution is 2.26. The molecule has 1 aromatic carbocycles. The number of hydrogen-bond donors (Lipinski definition) is 1. The number of aliphatic carboxylic acids is 1. The molecule has 114 valence electrons. The van der Waals surface area contributed by atoms with Crippen molar-refractivity contribution in [2.24, 2.45) is 0 Å². The van der Waals surface area contributed by atoms with Gasteiger partial charge in [0.25, 0.3) is 5.91 Å². The highest BCUT2D eigenvalue weighted by atomic mass is 19.1.